The van der Waals surface area contributed by atoms with Gasteiger partial charge in [-0.05, 0) is 93.5 Å². The van der Waals surface area contributed by atoms with Crippen LogP contribution in [0.4, 0.5) is 5.69 Å². The molecule has 5 rings (SSSR count). The van der Waals surface area contributed by atoms with E-state index in [0.717, 1.165) is 72.8 Å². The number of hydroxylamine groups is 2. The molecule has 1 aromatic carbocycles. The first kappa shape index (κ1) is 36.9. The molecule has 0 radical (unpaired) electrons. The molecular formula is C38H48N4O7S. The van der Waals surface area contributed by atoms with Gasteiger partial charge in [0, 0.05) is 50.4 Å². The molecule has 2 fully saturated rings. The van der Waals surface area contributed by atoms with E-state index in [0.29, 0.717) is 36.7 Å². The molecule has 1 aliphatic carbocycles. The lowest BCUT2D eigenvalue weighted by molar-refractivity contribution is -0.197. The van der Waals surface area contributed by atoms with Gasteiger partial charge in [0.1, 0.15) is 6.54 Å². The second-order valence-electron chi connectivity index (χ2n) is 13.5. The summed E-state index contributed by atoms with van der Waals surface area (Å²) in [6, 6.07) is 11.8. The fourth-order valence-electron chi connectivity index (χ4n) is 6.98. The van der Waals surface area contributed by atoms with Crippen LogP contribution in [0.5, 0.6) is 0 Å². The number of unbranched alkanes of at least 4 members (excludes halogenated alkanes) is 4. The highest BCUT2D eigenvalue weighted by molar-refractivity contribution is 7.17. The second kappa shape index (κ2) is 17.6. The van der Waals surface area contributed by atoms with E-state index in [1.165, 1.54) is 0 Å². The molecule has 0 atom stereocenters. The second-order valence-corrected chi connectivity index (χ2v) is 14.4. The molecular weight excluding hydrogens is 657 g/mol. The number of Topliss-reactive ketones (excluding diaryl/α,β-unsaturated/α-hetero) is 1. The first-order valence-electron chi connectivity index (χ1n) is 18.0. The van der Waals surface area contributed by atoms with Gasteiger partial charge in [-0.25, -0.2) is 4.79 Å². The van der Waals surface area contributed by atoms with Gasteiger partial charge < -0.3 is 19.6 Å². The minimum atomic E-state index is -0.570. The molecule has 11 nitrogen and oxygen atoms in total. The zero-order chi connectivity index (χ0) is 35.6. The minimum Gasteiger partial charge on any atom is -0.356 e. The number of carbonyl (C=O) groups excluding carboxylic acids is 6. The number of benzene rings is 1. The number of thiophene rings is 1. The molecule has 268 valence electrons. The molecule has 4 amide bonds. The van der Waals surface area contributed by atoms with E-state index >= 15 is 0 Å². The quantitative estimate of drug-likeness (QED) is 0.0962. The number of hydrogen-bond donors (Lipinski definition) is 1. The maximum Gasteiger partial charge on any atom is 0.333 e. The monoisotopic (exact) mass is 704 g/mol. The molecule has 0 spiro atoms. The summed E-state index contributed by atoms with van der Waals surface area (Å²) < 4.78 is 2.87. The number of amides is 4. The summed E-state index contributed by atoms with van der Waals surface area (Å²) in [4.78, 5) is 81.7. The molecule has 1 saturated heterocycles. The number of carbonyl (C=O) groups is 6. The molecule has 3 aromatic rings. The van der Waals surface area contributed by atoms with Crippen molar-refractivity contribution in [2.45, 2.75) is 104 Å². The van der Waals surface area contributed by atoms with Crippen LogP contribution in [0, 0.1) is 18.8 Å². The van der Waals surface area contributed by atoms with Crippen molar-refractivity contribution in [3.63, 3.8) is 0 Å². The Morgan fingerprint density at radius 1 is 0.940 bits per heavy atom. The summed E-state index contributed by atoms with van der Waals surface area (Å²) in [5.41, 5.74) is 3.42. The summed E-state index contributed by atoms with van der Waals surface area (Å²) in [5, 5.41) is 5.64. The third-order valence-electron chi connectivity index (χ3n) is 9.78. The molecule has 2 aliphatic rings. The molecule has 50 heavy (non-hydrogen) atoms. The van der Waals surface area contributed by atoms with E-state index in [1.807, 2.05) is 60.2 Å². The highest BCUT2D eigenvalue weighted by Gasteiger charge is 2.33. The molecule has 0 unspecified atom stereocenters. The van der Waals surface area contributed by atoms with Crippen molar-refractivity contribution >= 4 is 62.6 Å². The van der Waals surface area contributed by atoms with Crippen LogP contribution in [0.15, 0.2) is 41.8 Å². The Bertz CT molecular complexity index is 1690. The summed E-state index contributed by atoms with van der Waals surface area (Å²) in [5.74, 6) is -1.30. The summed E-state index contributed by atoms with van der Waals surface area (Å²) >= 11 is 1.57. The van der Waals surface area contributed by atoms with Crippen molar-refractivity contribution in [3.8, 4) is 0 Å². The van der Waals surface area contributed by atoms with E-state index in [2.05, 4.69) is 5.32 Å². The summed E-state index contributed by atoms with van der Waals surface area (Å²) in [6.07, 6.45) is 7.96. The smallest absolute Gasteiger partial charge is 0.333 e. The number of fused-ring (bicyclic) bond motifs is 1. The first-order valence-corrected chi connectivity index (χ1v) is 18.8. The third-order valence-corrected chi connectivity index (χ3v) is 10.6. The number of likely N-dealkylation sites (N-methyl/N-ethyl adjacent to an activating group) is 1. The molecule has 2 aromatic heterocycles. The van der Waals surface area contributed by atoms with Gasteiger partial charge in [-0.1, -0.05) is 31.4 Å². The molecule has 0 bridgehead atoms. The van der Waals surface area contributed by atoms with Gasteiger partial charge in [-0.15, -0.1) is 16.4 Å². The van der Waals surface area contributed by atoms with E-state index < -0.39 is 17.8 Å². The van der Waals surface area contributed by atoms with Crippen LogP contribution < -0.4 is 10.2 Å². The fourth-order valence-corrected chi connectivity index (χ4v) is 7.80. The predicted molar refractivity (Wildman–Crippen MR) is 191 cm³/mol. The zero-order valence-corrected chi connectivity index (χ0v) is 29.9. The van der Waals surface area contributed by atoms with Gasteiger partial charge in [0.2, 0.25) is 11.8 Å². The molecule has 3 heterocycles. The number of aromatic nitrogens is 1. The standard InChI is InChI=1S/C38H48N4O7S/c1-3-40(29-11-9-10-26(2)22-29)36(46)25-41-30-19-21-50-33(30)24-31(41)32(43)23-27-13-15-28(16-14-27)38(48)39-20-8-6-4-5-7-12-37(47)49-42-34(44)17-18-35(42)45/h9-11,19,21-22,24,27-28H,3-8,12-18,20,23,25H2,1-2H3,(H,39,48). The number of ketones is 1. The van der Waals surface area contributed by atoms with Gasteiger partial charge in [0.25, 0.3) is 11.8 Å². The normalized spacial score (nSPS) is 17.7. The van der Waals surface area contributed by atoms with Gasteiger partial charge in [-0.2, -0.15) is 0 Å². The molecule has 1 N–H and O–H groups in total. The van der Waals surface area contributed by atoms with Crippen LogP contribution in [-0.4, -0.2) is 58.1 Å². The fraction of sp³-hybridized carbons (Fsp3) is 0.526. The van der Waals surface area contributed by atoms with Gasteiger partial charge in [0.15, 0.2) is 5.78 Å². The van der Waals surface area contributed by atoms with E-state index in [4.69, 9.17) is 4.84 Å². The molecule has 1 saturated carbocycles. The van der Waals surface area contributed by atoms with Gasteiger partial charge in [0.05, 0.1) is 15.9 Å². The van der Waals surface area contributed by atoms with Gasteiger partial charge in [-0.3, -0.25) is 24.0 Å². The van der Waals surface area contributed by atoms with Crippen LogP contribution in [0.25, 0.3) is 10.2 Å². The number of anilines is 1. The number of nitrogens with zero attached hydrogens (tertiary/aromatic N) is 3. The van der Waals surface area contributed by atoms with Crippen molar-refractivity contribution in [3.05, 3.63) is 53.0 Å². The van der Waals surface area contributed by atoms with E-state index in [1.54, 1.807) is 16.2 Å². The zero-order valence-electron chi connectivity index (χ0n) is 29.1. The lowest BCUT2D eigenvalue weighted by Gasteiger charge is -2.27. The van der Waals surface area contributed by atoms with E-state index in [9.17, 15) is 28.8 Å². The van der Waals surface area contributed by atoms with Crippen molar-refractivity contribution in [2.24, 2.45) is 11.8 Å². The third kappa shape index (κ3) is 9.47. The Balaban J connectivity index is 1.00. The Morgan fingerprint density at radius 3 is 2.38 bits per heavy atom. The van der Waals surface area contributed by atoms with Crippen LogP contribution >= 0.6 is 11.3 Å². The minimum absolute atomic E-state index is 0.0430. The SMILES string of the molecule is CCN(C(=O)Cn1c(C(=O)CC2CCC(C(=O)NCCCCCCCC(=O)ON3C(=O)CCC3=O)CC2)cc2sccc21)c1cccc(C)c1. The number of imide groups is 1. The van der Waals surface area contributed by atoms with Crippen molar-refractivity contribution in [1.29, 1.82) is 0 Å². The Labute approximate surface area is 297 Å². The lowest BCUT2D eigenvalue weighted by atomic mass is 9.79. The van der Waals surface area contributed by atoms with Crippen LogP contribution in [0.1, 0.15) is 106 Å². The van der Waals surface area contributed by atoms with Crippen LogP contribution in [-0.2, 0) is 35.4 Å². The maximum absolute atomic E-state index is 13.7. The number of nitrogens with one attached hydrogen (secondary N) is 1. The number of aryl methyl sites for hydroxylation is 1. The molecule has 1 aliphatic heterocycles. The predicted octanol–water partition coefficient (Wildman–Crippen LogP) is 6.51. The summed E-state index contributed by atoms with van der Waals surface area (Å²) in [7, 11) is 0. The largest absolute Gasteiger partial charge is 0.356 e. The average molecular weight is 705 g/mol. The van der Waals surface area contributed by atoms with Crippen molar-refractivity contribution in [1.82, 2.24) is 14.9 Å². The topological polar surface area (TPSA) is 135 Å². The average Bonchev–Trinajstić information content (AvgIpc) is 3.79. The highest BCUT2D eigenvalue weighted by Crippen LogP contribution is 2.33. The van der Waals surface area contributed by atoms with Crippen LogP contribution in [0.2, 0.25) is 0 Å². The highest BCUT2D eigenvalue weighted by atomic mass is 32.1. The first-order chi connectivity index (χ1) is 24.1. The Morgan fingerprint density at radius 2 is 1.66 bits per heavy atom. The maximum atomic E-state index is 13.7. The van der Waals surface area contributed by atoms with Gasteiger partial charge >= 0.3 is 5.97 Å². The van der Waals surface area contributed by atoms with Crippen molar-refractivity contribution in [2.75, 3.05) is 18.0 Å². The number of rotatable bonds is 17. The van der Waals surface area contributed by atoms with Crippen molar-refractivity contribution < 1.29 is 33.6 Å². The Hall–Kier alpha value is -4.32. The number of hydrogen-bond acceptors (Lipinski definition) is 8. The Kier molecular flexibility index (Phi) is 13.0. The summed E-state index contributed by atoms with van der Waals surface area (Å²) in [6.45, 7) is 5.19. The lowest BCUT2D eigenvalue weighted by Crippen LogP contribution is -2.35. The van der Waals surface area contributed by atoms with Crippen LogP contribution in [0.3, 0.4) is 0 Å². The van der Waals surface area contributed by atoms with E-state index in [-0.39, 0.29) is 55.2 Å². The molecule has 12 heteroatoms.